The molecule has 1 aromatic heterocycles. The maximum absolute atomic E-state index is 8.71. The summed E-state index contributed by atoms with van der Waals surface area (Å²) in [5.74, 6) is 0. The first-order chi connectivity index (χ1) is 7.27. The molecule has 1 heterocycles. The first kappa shape index (κ1) is 11.3. The molecule has 0 amide bonds. The van der Waals surface area contributed by atoms with Crippen molar-refractivity contribution in [1.29, 1.82) is 5.26 Å². The second-order valence-electron chi connectivity index (χ2n) is 3.36. The number of pyridine rings is 1. The van der Waals surface area contributed by atoms with Crippen LogP contribution in [-0.2, 0) is 0 Å². The first-order valence-electron chi connectivity index (χ1n) is 4.96. The minimum Gasteiger partial charge on any atom is -0.374 e. The molecule has 0 aliphatic heterocycles. The maximum atomic E-state index is 8.71. The van der Waals surface area contributed by atoms with E-state index < -0.39 is 0 Å². The number of aromatic nitrogens is 1. The molecular formula is C12H15N3. The summed E-state index contributed by atoms with van der Waals surface area (Å²) in [6.45, 7) is 4.65. The summed E-state index contributed by atoms with van der Waals surface area (Å²) in [6.07, 6.45) is 5.67. The molecule has 0 atom stereocenters. The summed E-state index contributed by atoms with van der Waals surface area (Å²) in [4.78, 5) is 6.05. The molecular weight excluding hydrogens is 186 g/mol. The molecule has 3 heteroatoms. The van der Waals surface area contributed by atoms with Gasteiger partial charge in [-0.25, -0.2) is 4.98 Å². The topological polar surface area (TPSA) is 39.9 Å². The summed E-state index contributed by atoms with van der Waals surface area (Å²) in [5.41, 5.74) is 1.49. The van der Waals surface area contributed by atoms with E-state index in [1.807, 2.05) is 25.3 Å². The van der Waals surface area contributed by atoms with E-state index in [4.69, 9.17) is 5.26 Å². The molecule has 0 fully saturated rings. The quantitative estimate of drug-likeness (QED) is 0.542. The minimum absolute atomic E-state index is 0.461. The average molecular weight is 201 g/mol. The van der Waals surface area contributed by atoms with Crippen LogP contribution < -0.4 is 4.90 Å². The van der Waals surface area contributed by atoms with Gasteiger partial charge in [0.1, 0.15) is 11.8 Å². The zero-order valence-corrected chi connectivity index (χ0v) is 8.98. The monoisotopic (exact) mass is 201 g/mol. The second kappa shape index (κ2) is 5.82. The lowest BCUT2D eigenvalue weighted by molar-refractivity contribution is 0.801. The highest BCUT2D eigenvalue weighted by Gasteiger charge is 2.01. The summed E-state index contributed by atoms with van der Waals surface area (Å²) < 4.78 is 0. The summed E-state index contributed by atoms with van der Waals surface area (Å²) >= 11 is 0. The van der Waals surface area contributed by atoms with Gasteiger partial charge in [0, 0.05) is 25.5 Å². The number of rotatable bonds is 5. The fraction of sp³-hybridized carbons (Fsp3) is 0.333. The summed E-state index contributed by atoms with van der Waals surface area (Å²) in [7, 11) is 2.01. The molecule has 0 saturated carbocycles. The van der Waals surface area contributed by atoms with E-state index in [0.717, 1.165) is 25.1 Å². The lowest BCUT2D eigenvalue weighted by Crippen LogP contribution is -2.18. The number of allylic oxidation sites excluding steroid dienone is 1. The summed E-state index contributed by atoms with van der Waals surface area (Å²) in [5, 5.41) is 8.71. The molecule has 0 spiro atoms. The van der Waals surface area contributed by atoms with Gasteiger partial charge in [-0.05, 0) is 25.0 Å². The third kappa shape index (κ3) is 3.43. The largest absolute Gasteiger partial charge is 0.374 e. The van der Waals surface area contributed by atoms with Crippen LogP contribution in [0.5, 0.6) is 0 Å². The van der Waals surface area contributed by atoms with Gasteiger partial charge in [0.05, 0.1) is 0 Å². The summed E-state index contributed by atoms with van der Waals surface area (Å²) in [6, 6.07) is 5.75. The molecule has 78 valence electrons. The number of nitrogens with zero attached hydrogens (tertiary/aromatic N) is 3. The smallest absolute Gasteiger partial charge is 0.142 e. The van der Waals surface area contributed by atoms with Crippen molar-refractivity contribution in [2.45, 2.75) is 12.8 Å². The Kier molecular flexibility index (Phi) is 4.36. The molecule has 0 N–H and O–H groups in total. The first-order valence-corrected chi connectivity index (χ1v) is 4.96. The highest BCUT2D eigenvalue weighted by molar-refractivity contribution is 5.47. The van der Waals surface area contributed by atoms with Crippen molar-refractivity contribution >= 4 is 5.69 Å². The molecule has 0 aliphatic carbocycles. The van der Waals surface area contributed by atoms with E-state index >= 15 is 0 Å². The SMILES string of the molecule is C=CCCCN(C)c1ccnc(C#N)c1. The van der Waals surface area contributed by atoms with Crippen molar-refractivity contribution in [1.82, 2.24) is 4.98 Å². The Morgan fingerprint density at radius 2 is 2.47 bits per heavy atom. The number of anilines is 1. The van der Waals surface area contributed by atoms with E-state index in [1.54, 1.807) is 12.3 Å². The normalized spacial score (nSPS) is 9.33. The van der Waals surface area contributed by atoms with Crippen LogP contribution in [0.3, 0.4) is 0 Å². The van der Waals surface area contributed by atoms with Crippen LogP contribution in [0.25, 0.3) is 0 Å². The van der Waals surface area contributed by atoms with E-state index in [1.165, 1.54) is 0 Å². The van der Waals surface area contributed by atoms with Crippen LogP contribution in [0, 0.1) is 11.3 Å². The lowest BCUT2D eigenvalue weighted by Gasteiger charge is -2.18. The maximum Gasteiger partial charge on any atom is 0.142 e. The number of unbranched alkanes of at least 4 members (excludes halogenated alkanes) is 1. The van der Waals surface area contributed by atoms with Crippen molar-refractivity contribution in [3.8, 4) is 6.07 Å². The predicted octanol–water partition coefficient (Wildman–Crippen LogP) is 2.36. The highest BCUT2D eigenvalue weighted by Crippen LogP contribution is 2.12. The van der Waals surface area contributed by atoms with E-state index in [9.17, 15) is 0 Å². The van der Waals surface area contributed by atoms with Gasteiger partial charge in [-0.2, -0.15) is 5.26 Å². The van der Waals surface area contributed by atoms with Crippen molar-refractivity contribution in [3.05, 3.63) is 36.7 Å². The molecule has 0 unspecified atom stereocenters. The third-order valence-electron chi connectivity index (χ3n) is 2.20. The number of nitriles is 1. The molecule has 0 bridgehead atoms. The minimum atomic E-state index is 0.461. The van der Waals surface area contributed by atoms with Gasteiger partial charge < -0.3 is 4.90 Å². The van der Waals surface area contributed by atoms with Crippen molar-refractivity contribution in [2.75, 3.05) is 18.5 Å². The van der Waals surface area contributed by atoms with Gasteiger partial charge in [-0.15, -0.1) is 6.58 Å². The zero-order chi connectivity index (χ0) is 11.1. The van der Waals surface area contributed by atoms with Crippen molar-refractivity contribution < 1.29 is 0 Å². The molecule has 1 aromatic rings. The Morgan fingerprint density at radius 3 is 3.13 bits per heavy atom. The van der Waals surface area contributed by atoms with Crippen LogP contribution in [-0.4, -0.2) is 18.6 Å². The van der Waals surface area contributed by atoms with Gasteiger partial charge in [0.25, 0.3) is 0 Å². The Balaban J connectivity index is 2.61. The van der Waals surface area contributed by atoms with Gasteiger partial charge in [0.15, 0.2) is 0 Å². The van der Waals surface area contributed by atoms with Gasteiger partial charge >= 0.3 is 0 Å². The van der Waals surface area contributed by atoms with Crippen molar-refractivity contribution in [2.24, 2.45) is 0 Å². The predicted molar refractivity (Wildman–Crippen MR) is 61.7 cm³/mol. The molecule has 0 saturated heterocycles. The Hall–Kier alpha value is -1.82. The molecule has 0 aromatic carbocycles. The molecule has 0 aliphatic rings. The fourth-order valence-corrected chi connectivity index (χ4v) is 1.32. The number of hydrogen-bond acceptors (Lipinski definition) is 3. The second-order valence-corrected chi connectivity index (χ2v) is 3.36. The Labute approximate surface area is 90.7 Å². The van der Waals surface area contributed by atoms with Crippen LogP contribution in [0.2, 0.25) is 0 Å². The lowest BCUT2D eigenvalue weighted by atomic mass is 10.2. The van der Waals surface area contributed by atoms with E-state index in [-0.39, 0.29) is 0 Å². The van der Waals surface area contributed by atoms with Gasteiger partial charge in [-0.3, -0.25) is 0 Å². The third-order valence-corrected chi connectivity index (χ3v) is 2.20. The van der Waals surface area contributed by atoms with Crippen LogP contribution >= 0.6 is 0 Å². The van der Waals surface area contributed by atoms with Crippen LogP contribution in [0.4, 0.5) is 5.69 Å². The highest BCUT2D eigenvalue weighted by atomic mass is 15.1. The van der Waals surface area contributed by atoms with E-state index in [2.05, 4.69) is 16.5 Å². The Bertz CT molecular complexity index is 365. The van der Waals surface area contributed by atoms with Crippen LogP contribution in [0.15, 0.2) is 31.0 Å². The fourth-order valence-electron chi connectivity index (χ4n) is 1.32. The standard InChI is InChI=1S/C12H15N3/c1-3-4-5-8-15(2)12-6-7-14-11(9-12)10-13/h3,6-7,9H,1,4-5,8H2,2H3. The molecule has 15 heavy (non-hydrogen) atoms. The van der Waals surface area contributed by atoms with E-state index in [0.29, 0.717) is 5.69 Å². The molecule has 0 radical (unpaired) electrons. The van der Waals surface area contributed by atoms with Crippen LogP contribution in [0.1, 0.15) is 18.5 Å². The molecule has 1 rings (SSSR count). The Morgan fingerprint density at radius 1 is 1.67 bits per heavy atom. The number of hydrogen-bond donors (Lipinski definition) is 0. The van der Waals surface area contributed by atoms with Gasteiger partial charge in [0.2, 0.25) is 0 Å². The van der Waals surface area contributed by atoms with Gasteiger partial charge in [-0.1, -0.05) is 6.08 Å². The molecule has 3 nitrogen and oxygen atoms in total. The zero-order valence-electron chi connectivity index (χ0n) is 8.98. The average Bonchev–Trinajstić information content (AvgIpc) is 2.29. The van der Waals surface area contributed by atoms with Crippen molar-refractivity contribution in [3.63, 3.8) is 0 Å².